The lowest BCUT2D eigenvalue weighted by molar-refractivity contribution is 0.584. The minimum atomic E-state index is -4.01. The second-order valence-electron chi connectivity index (χ2n) is 4.20. The van der Waals surface area contributed by atoms with Crippen molar-refractivity contribution in [2.45, 2.75) is 11.8 Å². The Bertz CT molecular complexity index is 743. The van der Waals surface area contributed by atoms with Gasteiger partial charge in [0, 0.05) is 6.07 Å². The smallest absolute Gasteiger partial charge is 0.263 e. The van der Waals surface area contributed by atoms with Gasteiger partial charge in [-0.2, -0.15) is 0 Å². The fourth-order valence-corrected chi connectivity index (χ4v) is 3.29. The average molecular weight is 318 g/mol. The molecule has 0 amide bonds. The van der Waals surface area contributed by atoms with Crippen LogP contribution in [0.5, 0.6) is 0 Å². The fourth-order valence-electron chi connectivity index (χ4n) is 1.65. The highest BCUT2D eigenvalue weighted by Crippen LogP contribution is 2.25. The normalized spacial score (nSPS) is 11.4. The number of nitrogens with one attached hydrogen (secondary N) is 1. The van der Waals surface area contributed by atoms with Gasteiger partial charge in [0.1, 0.15) is 16.5 Å². The first kappa shape index (κ1) is 14.7. The largest absolute Gasteiger partial charge is 0.279 e. The molecule has 0 bridgehead atoms. The van der Waals surface area contributed by atoms with E-state index in [4.69, 9.17) is 11.6 Å². The van der Waals surface area contributed by atoms with Crippen LogP contribution in [0.2, 0.25) is 5.02 Å². The third-order valence-corrected chi connectivity index (χ3v) is 4.36. The number of hydrogen-bond acceptors (Lipinski definition) is 2. The topological polar surface area (TPSA) is 46.2 Å². The molecule has 2 rings (SSSR count). The van der Waals surface area contributed by atoms with E-state index in [0.717, 1.165) is 17.7 Å². The molecule has 0 atom stereocenters. The number of sulfonamides is 1. The van der Waals surface area contributed by atoms with Crippen LogP contribution in [0.3, 0.4) is 0 Å². The molecule has 20 heavy (non-hydrogen) atoms. The molecule has 0 aliphatic heterocycles. The molecule has 0 saturated carbocycles. The van der Waals surface area contributed by atoms with E-state index in [-0.39, 0.29) is 15.6 Å². The molecule has 7 heteroatoms. The van der Waals surface area contributed by atoms with Gasteiger partial charge in [0.25, 0.3) is 10.0 Å². The summed E-state index contributed by atoms with van der Waals surface area (Å²) in [4.78, 5) is -0.158. The third-order valence-electron chi connectivity index (χ3n) is 2.49. The van der Waals surface area contributed by atoms with E-state index in [1.165, 1.54) is 12.1 Å². The van der Waals surface area contributed by atoms with Crippen LogP contribution in [0.15, 0.2) is 41.3 Å². The van der Waals surface area contributed by atoms with Crippen LogP contribution in [0.25, 0.3) is 0 Å². The number of anilines is 1. The lowest BCUT2D eigenvalue weighted by atomic mass is 10.2. The summed E-state index contributed by atoms with van der Waals surface area (Å²) in [6.45, 7) is 1.76. The maximum atomic E-state index is 13.0. The van der Waals surface area contributed by atoms with E-state index in [1.807, 2.05) is 0 Å². The van der Waals surface area contributed by atoms with Crippen molar-refractivity contribution in [2.75, 3.05) is 4.72 Å². The third kappa shape index (κ3) is 3.26. The van der Waals surface area contributed by atoms with Crippen LogP contribution >= 0.6 is 11.6 Å². The zero-order valence-corrected chi connectivity index (χ0v) is 11.9. The molecule has 0 radical (unpaired) electrons. The van der Waals surface area contributed by atoms with Crippen LogP contribution in [-0.2, 0) is 10.0 Å². The summed E-state index contributed by atoms with van der Waals surface area (Å²) in [7, 11) is -4.01. The van der Waals surface area contributed by atoms with Gasteiger partial charge >= 0.3 is 0 Å². The van der Waals surface area contributed by atoms with Gasteiger partial charge in [-0.3, -0.25) is 4.72 Å². The van der Waals surface area contributed by atoms with Crippen molar-refractivity contribution in [3.63, 3.8) is 0 Å². The number of hydrogen-bond donors (Lipinski definition) is 1. The van der Waals surface area contributed by atoms with E-state index in [0.29, 0.717) is 6.07 Å². The van der Waals surface area contributed by atoms with E-state index in [1.54, 1.807) is 13.0 Å². The van der Waals surface area contributed by atoms with Gasteiger partial charge in [-0.1, -0.05) is 17.7 Å². The van der Waals surface area contributed by atoms with E-state index < -0.39 is 21.7 Å². The number of benzene rings is 2. The SMILES string of the molecule is Cc1ccc(S(=O)(=O)Nc2cc(F)cc(F)c2)c(Cl)c1. The Hall–Kier alpha value is -1.66. The maximum Gasteiger partial charge on any atom is 0.263 e. The summed E-state index contributed by atoms with van der Waals surface area (Å²) < 4.78 is 52.4. The standard InChI is InChI=1S/C13H10ClF2NO2S/c1-8-2-3-13(12(14)4-8)20(18,19)17-11-6-9(15)5-10(16)7-11/h2-7,17H,1H3. The summed E-state index contributed by atoms with van der Waals surface area (Å²) in [6, 6.07) is 6.80. The summed E-state index contributed by atoms with van der Waals surface area (Å²) in [5.41, 5.74) is 0.588. The van der Waals surface area contributed by atoms with Gasteiger partial charge in [0.15, 0.2) is 0 Å². The van der Waals surface area contributed by atoms with E-state index in [9.17, 15) is 17.2 Å². The minimum absolute atomic E-state index is 0.0365. The number of halogens is 3. The lowest BCUT2D eigenvalue weighted by Gasteiger charge is -2.10. The van der Waals surface area contributed by atoms with Crippen molar-refractivity contribution in [1.82, 2.24) is 0 Å². The summed E-state index contributed by atoms with van der Waals surface area (Å²) >= 11 is 5.88. The van der Waals surface area contributed by atoms with Crippen LogP contribution in [0, 0.1) is 18.6 Å². The molecule has 3 nitrogen and oxygen atoms in total. The van der Waals surface area contributed by atoms with Crippen LogP contribution in [0.4, 0.5) is 14.5 Å². The molecule has 0 spiro atoms. The second-order valence-corrected chi connectivity index (χ2v) is 6.26. The minimum Gasteiger partial charge on any atom is -0.279 e. The summed E-state index contributed by atoms with van der Waals surface area (Å²) in [5.74, 6) is -1.75. The van der Waals surface area contributed by atoms with E-state index >= 15 is 0 Å². The van der Waals surface area contributed by atoms with Gasteiger partial charge in [0.2, 0.25) is 0 Å². The molecule has 106 valence electrons. The Morgan fingerprint density at radius 2 is 1.65 bits per heavy atom. The van der Waals surface area contributed by atoms with Crippen LogP contribution in [-0.4, -0.2) is 8.42 Å². The predicted molar refractivity (Wildman–Crippen MR) is 73.4 cm³/mol. The molecule has 2 aromatic carbocycles. The van der Waals surface area contributed by atoms with E-state index in [2.05, 4.69) is 4.72 Å². The quantitative estimate of drug-likeness (QED) is 0.937. The zero-order chi connectivity index (χ0) is 14.9. The first-order chi connectivity index (χ1) is 9.28. The van der Waals surface area contributed by atoms with Crippen molar-refractivity contribution >= 4 is 27.3 Å². The molecule has 0 aliphatic carbocycles. The van der Waals surface area contributed by atoms with Crippen molar-refractivity contribution < 1.29 is 17.2 Å². The monoisotopic (exact) mass is 317 g/mol. The highest BCUT2D eigenvalue weighted by molar-refractivity contribution is 7.92. The molecule has 0 unspecified atom stereocenters. The van der Waals surface area contributed by atoms with Crippen molar-refractivity contribution in [3.8, 4) is 0 Å². The van der Waals surface area contributed by atoms with Gasteiger partial charge in [-0.15, -0.1) is 0 Å². The first-order valence-electron chi connectivity index (χ1n) is 5.53. The Morgan fingerprint density at radius 1 is 1.05 bits per heavy atom. The molecule has 0 heterocycles. The maximum absolute atomic E-state index is 13.0. The van der Waals surface area contributed by atoms with Gasteiger partial charge in [-0.05, 0) is 36.8 Å². The van der Waals surface area contributed by atoms with Crippen molar-refractivity contribution in [2.24, 2.45) is 0 Å². The molecule has 0 fully saturated rings. The summed E-state index contributed by atoms with van der Waals surface area (Å²) in [5, 5.41) is 0.0365. The Morgan fingerprint density at radius 3 is 2.20 bits per heavy atom. The molecular weight excluding hydrogens is 308 g/mol. The lowest BCUT2D eigenvalue weighted by Crippen LogP contribution is -2.13. The molecule has 2 aromatic rings. The molecule has 0 aliphatic rings. The average Bonchev–Trinajstić information content (AvgIpc) is 2.25. The molecule has 0 saturated heterocycles. The highest BCUT2D eigenvalue weighted by atomic mass is 35.5. The fraction of sp³-hybridized carbons (Fsp3) is 0.0769. The summed E-state index contributed by atoms with van der Waals surface area (Å²) in [6.07, 6.45) is 0. The van der Waals surface area contributed by atoms with Crippen molar-refractivity contribution in [3.05, 3.63) is 58.6 Å². The van der Waals surface area contributed by atoms with Gasteiger partial charge in [0.05, 0.1) is 10.7 Å². The second kappa shape index (κ2) is 5.38. The number of rotatable bonds is 3. The Kier molecular flexibility index (Phi) is 3.96. The highest BCUT2D eigenvalue weighted by Gasteiger charge is 2.18. The molecular formula is C13H10ClF2NO2S. The van der Waals surface area contributed by atoms with Crippen LogP contribution in [0.1, 0.15) is 5.56 Å². The molecule has 0 aromatic heterocycles. The predicted octanol–water partition coefficient (Wildman–Crippen LogP) is 3.73. The first-order valence-corrected chi connectivity index (χ1v) is 7.39. The molecule has 1 N–H and O–H groups in total. The van der Waals surface area contributed by atoms with Gasteiger partial charge in [-0.25, -0.2) is 17.2 Å². The Balaban J connectivity index is 2.40. The zero-order valence-electron chi connectivity index (χ0n) is 10.3. The Labute approximate surface area is 120 Å². The van der Waals surface area contributed by atoms with Gasteiger partial charge < -0.3 is 0 Å². The van der Waals surface area contributed by atoms with Crippen LogP contribution < -0.4 is 4.72 Å². The number of aryl methyl sites for hydroxylation is 1. The van der Waals surface area contributed by atoms with Crippen molar-refractivity contribution in [1.29, 1.82) is 0 Å².